The van der Waals surface area contributed by atoms with Crippen molar-refractivity contribution in [1.29, 1.82) is 0 Å². The van der Waals surface area contributed by atoms with Crippen molar-refractivity contribution in [2.45, 2.75) is 57.3 Å². The van der Waals surface area contributed by atoms with Gasteiger partial charge in [-0.25, -0.2) is 4.98 Å². The minimum absolute atomic E-state index is 0.117. The number of rotatable bonds is 7. The van der Waals surface area contributed by atoms with Crippen LogP contribution in [0.4, 0.5) is 10.8 Å². The van der Waals surface area contributed by atoms with Crippen molar-refractivity contribution in [1.82, 2.24) is 10.3 Å². The summed E-state index contributed by atoms with van der Waals surface area (Å²) in [5.41, 5.74) is 4.30. The van der Waals surface area contributed by atoms with Crippen LogP contribution in [0.15, 0.2) is 53.9 Å². The summed E-state index contributed by atoms with van der Waals surface area (Å²) in [7, 11) is 0. The van der Waals surface area contributed by atoms with Crippen molar-refractivity contribution in [3.8, 4) is 11.3 Å². The Balaban J connectivity index is 1.17. The zero-order chi connectivity index (χ0) is 26.9. The van der Waals surface area contributed by atoms with Crippen LogP contribution in [0.1, 0.15) is 49.5 Å². The Morgan fingerprint density at radius 3 is 2.61 bits per heavy atom. The van der Waals surface area contributed by atoms with E-state index < -0.39 is 0 Å². The summed E-state index contributed by atoms with van der Waals surface area (Å²) >= 11 is 1.35. The largest absolute Gasteiger partial charge is 0.393 e. The van der Waals surface area contributed by atoms with Crippen molar-refractivity contribution in [2.24, 2.45) is 0 Å². The number of anilines is 2. The molecule has 8 nitrogen and oxygen atoms in total. The second kappa shape index (κ2) is 10.8. The standard InChI is InChI=1S/C29H34N4O4S/c1-18-15-33(16-19(2)37-18)23-9-5-6-20(11-23)25-17-38-28(31-25)32-26(35)14-30-27(36)21-7-4-8-22(10-21)29(3)12-24(34)13-29/h4-11,17-19,24,34H,12-16H2,1-3H3,(H,30,36)(H,31,32,35)/t18-,19+,24-,29+. The summed E-state index contributed by atoms with van der Waals surface area (Å²) in [6.45, 7) is 7.78. The highest BCUT2D eigenvalue weighted by Crippen LogP contribution is 2.43. The van der Waals surface area contributed by atoms with E-state index in [0.717, 1.165) is 35.6 Å². The molecule has 3 aromatic rings. The molecule has 38 heavy (non-hydrogen) atoms. The lowest BCUT2D eigenvalue weighted by atomic mass is 9.64. The van der Waals surface area contributed by atoms with E-state index in [1.807, 2.05) is 35.7 Å². The van der Waals surface area contributed by atoms with Crippen LogP contribution in [-0.2, 0) is 14.9 Å². The number of hydrogen-bond acceptors (Lipinski definition) is 7. The summed E-state index contributed by atoms with van der Waals surface area (Å²) in [6.07, 6.45) is 1.44. The van der Waals surface area contributed by atoms with Gasteiger partial charge in [-0.05, 0) is 61.9 Å². The molecule has 2 atom stereocenters. The Hall–Kier alpha value is -3.27. The van der Waals surface area contributed by atoms with Gasteiger partial charge in [0.05, 0.1) is 30.6 Å². The number of nitrogens with zero attached hydrogens (tertiary/aromatic N) is 2. The van der Waals surface area contributed by atoms with E-state index in [-0.39, 0.29) is 42.1 Å². The molecule has 0 radical (unpaired) electrons. The maximum Gasteiger partial charge on any atom is 0.251 e. The Kier molecular flexibility index (Phi) is 7.52. The normalized spacial score (nSPS) is 24.9. The van der Waals surface area contributed by atoms with Crippen LogP contribution in [0.25, 0.3) is 11.3 Å². The molecule has 1 aliphatic carbocycles. The third-order valence-corrected chi connectivity index (χ3v) is 8.04. The van der Waals surface area contributed by atoms with E-state index in [1.54, 1.807) is 6.07 Å². The molecular weight excluding hydrogens is 500 g/mol. The summed E-state index contributed by atoms with van der Waals surface area (Å²) < 4.78 is 5.85. The van der Waals surface area contributed by atoms with Crippen LogP contribution < -0.4 is 15.5 Å². The Morgan fingerprint density at radius 2 is 1.87 bits per heavy atom. The predicted octanol–water partition coefficient (Wildman–Crippen LogP) is 4.20. The van der Waals surface area contributed by atoms with Crippen molar-refractivity contribution in [2.75, 3.05) is 29.9 Å². The number of nitrogens with one attached hydrogen (secondary N) is 2. The predicted molar refractivity (Wildman–Crippen MR) is 150 cm³/mol. The second-order valence-corrected chi connectivity index (χ2v) is 11.5. The fraction of sp³-hybridized carbons (Fsp3) is 0.414. The first-order chi connectivity index (χ1) is 18.2. The van der Waals surface area contributed by atoms with Gasteiger partial charge in [-0.1, -0.05) is 31.2 Å². The number of morpholine rings is 1. The smallest absolute Gasteiger partial charge is 0.251 e. The SMILES string of the molecule is C[C@@H]1CN(c2cccc(-c3csc(NC(=O)CNC(=O)c4cccc([C@]5(C)C[C@H](O)C5)c4)n3)c2)C[C@H](C)O1. The first kappa shape index (κ1) is 26.3. The zero-order valence-corrected chi connectivity index (χ0v) is 22.8. The third kappa shape index (κ3) is 5.90. The van der Waals surface area contributed by atoms with Gasteiger partial charge >= 0.3 is 0 Å². The number of carbonyl (C=O) groups is 2. The maximum absolute atomic E-state index is 12.7. The monoisotopic (exact) mass is 534 g/mol. The first-order valence-corrected chi connectivity index (χ1v) is 13.9. The number of aliphatic hydroxyl groups is 1. The van der Waals surface area contributed by atoms with Crippen LogP contribution in [-0.4, -0.2) is 59.9 Å². The molecule has 1 aromatic heterocycles. The van der Waals surface area contributed by atoms with Gasteiger partial charge in [0, 0.05) is 35.3 Å². The second-order valence-electron chi connectivity index (χ2n) is 10.7. The van der Waals surface area contributed by atoms with Crippen LogP contribution in [0, 0.1) is 0 Å². The number of amides is 2. The fourth-order valence-electron chi connectivity index (χ4n) is 5.39. The highest BCUT2D eigenvalue weighted by Gasteiger charge is 2.40. The van der Waals surface area contributed by atoms with Crippen molar-refractivity contribution in [3.63, 3.8) is 0 Å². The van der Waals surface area contributed by atoms with Gasteiger partial charge in [-0.15, -0.1) is 11.3 Å². The highest BCUT2D eigenvalue weighted by molar-refractivity contribution is 7.14. The molecule has 2 fully saturated rings. The molecule has 2 amide bonds. The topological polar surface area (TPSA) is 104 Å². The molecule has 1 saturated carbocycles. The number of aliphatic hydroxyl groups excluding tert-OH is 1. The Morgan fingerprint density at radius 1 is 1.13 bits per heavy atom. The van der Waals surface area contributed by atoms with Gasteiger partial charge in [0.2, 0.25) is 5.91 Å². The third-order valence-electron chi connectivity index (χ3n) is 7.28. The highest BCUT2D eigenvalue weighted by atomic mass is 32.1. The molecule has 2 aliphatic rings. The molecule has 3 N–H and O–H groups in total. The van der Waals surface area contributed by atoms with Crippen LogP contribution in [0.5, 0.6) is 0 Å². The Bertz CT molecular complexity index is 1310. The lowest BCUT2D eigenvalue weighted by Crippen LogP contribution is -2.45. The molecule has 1 aliphatic heterocycles. The van der Waals surface area contributed by atoms with Gasteiger partial charge in [0.25, 0.3) is 5.91 Å². The van der Waals surface area contributed by atoms with Gasteiger partial charge in [0.1, 0.15) is 0 Å². The maximum atomic E-state index is 12.7. The number of thiazole rings is 1. The molecule has 2 heterocycles. The van der Waals surface area contributed by atoms with Crippen molar-refractivity contribution >= 4 is 34.0 Å². The fourth-order valence-corrected chi connectivity index (χ4v) is 6.13. The zero-order valence-electron chi connectivity index (χ0n) is 21.9. The van der Waals surface area contributed by atoms with Crippen LogP contribution in [0.3, 0.4) is 0 Å². The van der Waals surface area contributed by atoms with Gasteiger partial charge in [-0.2, -0.15) is 0 Å². The number of benzene rings is 2. The molecule has 9 heteroatoms. The number of ether oxygens (including phenoxy) is 1. The minimum atomic E-state index is -0.338. The summed E-state index contributed by atoms with van der Waals surface area (Å²) in [5, 5.41) is 17.6. The van der Waals surface area contributed by atoms with E-state index in [9.17, 15) is 14.7 Å². The van der Waals surface area contributed by atoms with Gasteiger partial charge in [-0.3, -0.25) is 9.59 Å². The van der Waals surface area contributed by atoms with Crippen molar-refractivity contribution in [3.05, 3.63) is 65.0 Å². The summed E-state index contributed by atoms with van der Waals surface area (Å²) in [5.74, 6) is -0.650. The quantitative estimate of drug-likeness (QED) is 0.420. The average Bonchev–Trinajstić information content (AvgIpc) is 3.34. The lowest BCUT2D eigenvalue weighted by Gasteiger charge is -2.43. The van der Waals surface area contributed by atoms with Gasteiger partial charge < -0.3 is 25.4 Å². The van der Waals surface area contributed by atoms with E-state index in [4.69, 9.17) is 4.74 Å². The summed E-state index contributed by atoms with van der Waals surface area (Å²) in [4.78, 5) is 32.1. The molecule has 0 spiro atoms. The molecular formula is C29H34N4O4S. The van der Waals surface area contributed by atoms with E-state index in [0.29, 0.717) is 23.5 Å². The summed E-state index contributed by atoms with van der Waals surface area (Å²) in [6, 6.07) is 15.6. The molecule has 0 bridgehead atoms. The number of aromatic nitrogens is 1. The average molecular weight is 535 g/mol. The van der Waals surface area contributed by atoms with Crippen LogP contribution >= 0.6 is 11.3 Å². The molecule has 5 rings (SSSR count). The lowest BCUT2D eigenvalue weighted by molar-refractivity contribution is -0.115. The van der Waals surface area contributed by atoms with Crippen LogP contribution in [0.2, 0.25) is 0 Å². The Labute approximate surface area is 227 Å². The molecule has 0 unspecified atom stereocenters. The first-order valence-electron chi connectivity index (χ1n) is 13.0. The van der Waals surface area contributed by atoms with Crippen molar-refractivity contribution < 1.29 is 19.4 Å². The number of carbonyl (C=O) groups excluding carboxylic acids is 2. The minimum Gasteiger partial charge on any atom is -0.393 e. The van der Waals surface area contributed by atoms with E-state index in [1.165, 1.54) is 11.3 Å². The van der Waals surface area contributed by atoms with E-state index in [2.05, 4.69) is 53.4 Å². The van der Waals surface area contributed by atoms with Gasteiger partial charge in [0.15, 0.2) is 5.13 Å². The molecule has 1 saturated heterocycles. The van der Waals surface area contributed by atoms with E-state index >= 15 is 0 Å². The number of hydrogen-bond donors (Lipinski definition) is 3. The molecule has 2 aromatic carbocycles. The molecule has 200 valence electrons.